The summed E-state index contributed by atoms with van der Waals surface area (Å²) in [6, 6.07) is 20.4. The van der Waals surface area contributed by atoms with Crippen molar-refractivity contribution >= 4 is 46.6 Å². The van der Waals surface area contributed by atoms with E-state index in [-0.39, 0.29) is 17.8 Å². The Morgan fingerprint density at radius 1 is 1.10 bits per heavy atom. The van der Waals surface area contributed by atoms with Gasteiger partial charge in [-0.05, 0) is 65.1 Å². The fourth-order valence-electron chi connectivity index (χ4n) is 3.71. The standard InChI is InChI=1S/C24H18ClNO2S/c1-14-6-7-16-11-18(15-8-9-21-20(12-15)26-23(27)13-28-21)24(29-22(16)10-14)17-4-2-3-5-19(17)25/h2-12,24H,13H2,1H3,(H,26,27). The molecule has 1 amide bonds. The first-order valence-electron chi connectivity index (χ1n) is 9.39. The predicted octanol–water partition coefficient (Wildman–Crippen LogP) is 6.37. The maximum Gasteiger partial charge on any atom is 0.262 e. The maximum atomic E-state index is 11.8. The Bertz CT molecular complexity index is 1170. The number of ether oxygens (including phenoxy) is 1. The maximum absolute atomic E-state index is 11.8. The number of thioether (sulfide) groups is 1. The number of hydrogen-bond acceptors (Lipinski definition) is 3. The molecule has 0 saturated carbocycles. The minimum absolute atomic E-state index is 0.0521. The van der Waals surface area contributed by atoms with Crippen molar-refractivity contribution in [2.75, 3.05) is 11.9 Å². The third-order valence-corrected chi connectivity index (χ3v) is 6.84. The fourth-order valence-corrected chi connectivity index (χ4v) is 5.46. The van der Waals surface area contributed by atoms with Gasteiger partial charge in [0, 0.05) is 9.92 Å². The summed E-state index contributed by atoms with van der Waals surface area (Å²) < 4.78 is 5.52. The highest BCUT2D eigenvalue weighted by atomic mass is 35.5. The quantitative estimate of drug-likeness (QED) is 0.524. The summed E-state index contributed by atoms with van der Waals surface area (Å²) in [5.41, 5.74) is 6.41. The molecule has 0 spiro atoms. The van der Waals surface area contributed by atoms with Crippen LogP contribution in [0.5, 0.6) is 5.75 Å². The lowest BCUT2D eigenvalue weighted by Gasteiger charge is -2.28. The van der Waals surface area contributed by atoms with Crippen molar-refractivity contribution in [3.8, 4) is 5.75 Å². The van der Waals surface area contributed by atoms with E-state index in [1.165, 1.54) is 16.0 Å². The van der Waals surface area contributed by atoms with E-state index in [0.29, 0.717) is 11.4 Å². The Balaban J connectivity index is 1.66. The van der Waals surface area contributed by atoms with Crippen molar-refractivity contribution in [3.05, 3.63) is 87.9 Å². The van der Waals surface area contributed by atoms with E-state index in [2.05, 4.69) is 42.6 Å². The van der Waals surface area contributed by atoms with E-state index in [0.717, 1.165) is 21.7 Å². The number of anilines is 1. The number of carbonyl (C=O) groups is 1. The second kappa shape index (κ2) is 7.29. The minimum Gasteiger partial charge on any atom is -0.482 e. The van der Waals surface area contributed by atoms with Crippen LogP contribution < -0.4 is 10.1 Å². The molecule has 0 aromatic heterocycles. The van der Waals surface area contributed by atoms with Gasteiger partial charge in [0.1, 0.15) is 5.75 Å². The second-order valence-electron chi connectivity index (χ2n) is 7.21. The lowest BCUT2D eigenvalue weighted by atomic mass is 9.94. The Hall–Kier alpha value is -2.69. The van der Waals surface area contributed by atoms with Crippen LogP contribution >= 0.6 is 23.4 Å². The molecule has 5 rings (SSSR count). The number of amides is 1. The molecule has 3 nitrogen and oxygen atoms in total. The van der Waals surface area contributed by atoms with E-state index in [4.69, 9.17) is 16.3 Å². The Labute approximate surface area is 178 Å². The van der Waals surface area contributed by atoms with Gasteiger partial charge in [0.25, 0.3) is 5.91 Å². The number of rotatable bonds is 2. The first-order valence-corrected chi connectivity index (χ1v) is 10.6. The van der Waals surface area contributed by atoms with Crippen molar-refractivity contribution < 1.29 is 9.53 Å². The topological polar surface area (TPSA) is 38.3 Å². The summed E-state index contributed by atoms with van der Waals surface area (Å²) >= 11 is 8.39. The number of halogens is 1. The largest absolute Gasteiger partial charge is 0.482 e. The van der Waals surface area contributed by atoms with Crippen LogP contribution in [0.4, 0.5) is 5.69 Å². The smallest absolute Gasteiger partial charge is 0.262 e. The molecule has 0 bridgehead atoms. The highest BCUT2D eigenvalue weighted by Crippen LogP contribution is 2.52. The van der Waals surface area contributed by atoms with Gasteiger partial charge in [0.05, 0.1) is 10.9 Å². The molecule has 0 radical (unpaired) electrons. The third kappa shape index (κ3) is 3.43. The zero-order valence-electron chi connectivity index (χ0n) is 15.7. The van der Waals surface area contributed by atoms with Gasteiger partial charge in [-0.25, -0.2) is 0 Å². The van der Waals surface area contributed by atoms with Crippen LogP contribution in [0.25, 0.3) is 11.6 Å². The van der Waals surface area contributed by atoms with Crippen LogP contribution in [0.2, 0.25) is 5.02 Å². The highest BCUT2D eigenvalue weighted by molar-refractivity contribution is 8.00. The lowest BCUT2D eigenvalue weighted by molar-refractivity contribution is -0.118. The monoisotopic (exact) mass is 419 g/mol. The molecular weight excluding hydrogens is 402 g/mol. The third-order valence-electron chi connectivity index (χ3n) is 5.14. The van der Waals surface area contributed by atoms with E-state index in [1.54, 1.807) is 0 Å². The Morgan fingerprint density at radius 2 is 1.97 bits per heavy atom. The molecule has 3 aromatic rings. The minimum atomic E-state index is -0.134. The molecule has 29 heavy (non-hydrogen) atoms. The first-order chi connectivity index (χ1) is 14.1. The van der Waals surface area contributed by atoms with Gasteiger partial charge in [-0.15, -0.1) is 11.8 Å². The summed E-state index contributed by atoms with van der Waals surface area (Å²) in [6.45, 7) is 2.16. The van der Waals surface area contributed by atoms with Gasteiger partial charge in [-0.3, -0.25) is 4.79 Å². The van der Waals surface area contributed by atoms with E-state index in [9.17, 15) is 4.79 Å². The van der Waals surface area contributed by atoms with Crippen LogP contribution in [0.1, 0.15) is 27.5 Å². The molecule has 0 saturated heterocycles. The van der Waals surface area contributed by atoms with Gasteiger partial charge >= 0.3 is 0 Å². The van der Waals surface area contributed by atoms with E-state index >= 15 is 0 Å². The number of aryl methyl sites for hydroxylation is 1. The van der Waals surface area contributed by atoms with Crippen LogP contribution in [-0.2, 0) is 4.79 Å². The van der Waals surface area contributed by atoms with Crippen molar-refractivity contribution in [1.82, 2.24) is 0 Å². The fraction of sp³-hybridized carbons (Fsp3) is 0.125. The molecule has 1 N–H and O–H groups in total. The van der Waals surface area contributed by atoms with Gasteiger partial charge in [-0.1, -0.05) is 48.0 Å². The molecule has 2 aliphatic rings. The van der Waals surface area contributed by atoms with Crippen LogP contribution in [0.15, 0.2) is 65.6 Å². The number of fused-ring (bicyclic) bond motifs is 2. The van der Waals surface area contributed by atoms with Crippen molar-refractivity contribution in [2.45, 2.75) is 17.1 Å². The summed E-state index contributed by atoms with van der Waals surface area (Å²) in [5.74, 6) is 0.563. The van der Waals surface area contributed by atoms with Gasteiger partial charge in [-0.2, -0.15) is 0 Å². The van der Waals surface area contributed by atoms with Crippen LogP contribution in [0, 0.1) is 6.92 Å². The molecule has 0 aliphatic carbocycles. The molecule has 3 aromatic carbocycles. The molecular formula is C24H18ClNO2S. The number of benzene rings is 3. The normalized spacial score (nSPS) is 17.5. The Kier molecular flexibility index (Phi) is 4.61. The van der Waals surface area contributed by atoms with Crippen LogP contribution in [0.3, 0.4) is 0 Å². The van der Waals surface area contributed by atoms with Gasteiger partial charge in [0.15, 0.2) is 6.61 Å². The zero-order valence-corrected chi connectivity index (χ0v) is 17.3. The van der Waals surface area contributed by atoms with Crippen molar-refractivity contribution in [3.63, 3.8) is 0 Å². The summed E-state index contributed by atoms with van der Waals surface area (Å²) in [7, 11) is 0. The number of hydrogen-bond donors (Lipinski definition) is 1. The molecule has 144 valence electrons. The van der Waals surface area contributed by atoms with E-state index in [1.807, 2.05) is 48.2 Å². The summed E-state index contributed by atoms with van der Waals surface area (Å²) in [5, 5.41) is 3.71. The summed E-state index contributed by atoms with van der Waals surface area (Å²) in [4.78, 5) is 13.0. The van der Waals surface area contributed by atoms with Crippen LogP contribution in [-0.4, -0.2) is 12.5 Å². The molecule has 1 atom stereocenters. The van der Waals surface area contributed by atoms with Crippen molar-refractivity contribution in [1.29, 1.82) is 0 Å². The molecule has 0 fully saturated rings. The predicted molar refractivity (Wildman–Crippen MR) is 120 cm³/mol. The summed E-state index contributed by atoms with van der Waals surface area (Å²) in [6.07, 6.45) is 2.23. The van der Waals surface area contributed by atoms with Crippen molar-refractivity contribution in [2.24, 2.45) is 0 Å². The first kappa shape index (κ1) is 18.3. The molecule has 2 heterocycles. The zero-order chi connectivity index (χ0) is 20.0. The van der Waals surface area contributed by atoms with E-state index < -0.39 is 0 Å². The molecule has 1 unspecified atom stereocenters. The lowest BCUT2D eigenvalue weighted by Crippen LogP contribution is -2.25. The van der Waals surface area contributed by atoms with Gasteiger partial charge < -0.3 is 10.1 Å². The van der Waals surface area contributed by atoms with Gasteiger partial charge in [0.2, 0.25) is 0 Å². The number of carbonyl (C=O) groups excluding carboxylic acids is 1. The second-order valence-corrected chi connectivity index (χ2v) is 8.76. The SMILES string of the molecule is Cc1ccc2c(c1)SC(c1ccccc1Cl)C(c1ccc3c(c1)NC(=O)CO3)=C2. The molecule has 2 aliphatic heterocycles. The average molecular weight is 420 g/mol. The highest BCUT2D eigenvalue weighted by Gasteiger charge is 2.28. The average Bonchev–Trinajstić information content (AvgIpc) is 2.72. The Morgan fingerprint density at radius 3 is 2.83 bits per heavy atom. The number of nitrogens with one attached hydrogen (secondary N) is 1. The molecule has 5 heteroatoms.